The molecule has 2 aliphatic heterocycles. The summed E-state index contributed by atoms with van der Waals surface area (Å²) < 4.78 is 5.25. The zero-order valence-electron chi connectivity index (χ0n) is 12.2. The Morgan fingerprint density at radius 1 is 1.45 bits per heavy atom. The summed E-state index contributed by atoms with van der Waals surface area (Å²) in [4.78, 5) is 14.7. The number of anilines is 1. The second-order valence-electron chi connectivity index (χ2n) is 5.81. The van der Waals surface area contributed by atoms with Crippen LogP contribution in [0.1, 0.15) is 25.3 Å². The van der Waals surface area contributed by atoms with Crippen molar-refractivity contribution < 1.29 is 9.53 Å². The number of methoxy groups -OCH3 is 1. The fourth-order valence-corrected chi connectivity index (χ4v) is 3.31. The zero-order chi connectivity index (χ0) is 14.1. The zero-order valence-corrected chi connectivity index (χ0v) is 12.2. The Bertz CT molecular complexity index is 515. The van der Waals surface area contributed by atoms with Gasteiger partial charge in [-0.15, -0.1) is 0 Å². The van der Waals surface area contributed by atoms with Gasteiger partial charge in [0, 0.05) is 24.2 Å². The molecule has 2 atom stereocenters. The molecule has 20 heavy (non-hydrogen) atoms. The van der Waals surface area contributed by atoms with E-state index in [1.54, 1.807) is 7.11 Å². The number of amides is 1. The van der Waals surface area contributed by atoms with Gasteiger partial charge in [0.25, 0.3) is 0 Å². The second kappa shape index (κ2) is 5.44. The Morgan fingerprint density at radius 3 is 3.05 bits per heavy atom. The molecule has 2 heterocycles. The van der Waals surface area contributed by atoms with Gasteiger partial charge in [-0.25, -0.2) is 0 Å². The van der Waals surface area contributed by atoms with Crippen LogP contribution in [0, 0.1) is 5.92 Å². The summed E-state index contributed by atoms with van der Waals surface area (Å²) >= 11 is 0. The van der Waals surface area contributed by atoms with Crippen LogP contribution < -0.4 is 15.0 Å². The fourth-order valence-electron chi connectivity index (χ4n) is 3.31. The molecule has 108 valence electrons. The third-order valence-electron chi connectivity index (χ3n) is 4.42. The number of carbonyl (C=O) groups excluding carboxylic acids is 1. The maximum atomic E-state index is 12.7. The van der Waals surface area contributed by atoms with Gasteiger partial charge >= 0.3 is 0 Å². The SMILES string of the molecule is COc1ccc2c(c1)CCN2C(=O)[C@H]1CCN[C@@H](C)C1. The lowest BCUT2D eigenvalue weighted by atomic mass is 9.92. The molecule has 2 aliphatic rings. The van der Waals surface area contributed by atoms with Gasteiger partial charge in [-0.3, -0.25) is 4.79 Å². The molecule has 0 spiro atoms. The largest absolute Gasteiger partial charge is 0.497 e. The third kappa shape index (κ3) is 2.40. The van der Waals surface area contributed by atoms with Crippen molar-refractivity contribution in [2.45, 2.75) is 32.2 Å². The van der Waals surface area contributed by atoms with Crippen LogP contribution in [0.3, 0.4) is 0 Å². The lowest BCUT2D eigenvalue weighted by Gasteiger charge is -2.30. The van der Waals surface area contributed by atoms with E-state index in [1.807, 2.05) is 23.1 Å². The first-order valence-corrected chi connectivity index (χ1v) is 7.40. The van der Waals surface area contributed by atoms with E-state index >= 15 is 0 Å². The molecule has 0 aliphatic carbocycles. The van der Waals surface area contributed by atoms with Crippen LogP contribution in [-0.4, -0.2) is 32.1 Å². The molecule has 1 amide bonds. The number of fused-ring (bicyclic) bond motifs is 1. The number of piperidine rings is 1. The number of hydrogen-bond acceptors (Lipinski definition) is 3. The van der Waals surface area contributed by atoms with Crippen molar-refractivity contribution >= 4 is 11.6 Å². The van der Waals surface area contributed by atoms with E-state index in [0.717, 1.165) is 43.8 Å². The highest BCUT2D eigenvalue weighted by molar-refractivity contribution is 5.97. The van der Waals surface area contributed by atoms with E-state index in [1.165, 1.54) is 5.56 Å². The van der Waals surface area contributed by atoms with Crippen LogP contribution >= 0.6 is 0 Å². The Morgan fingerprint density at radius 2 is 2.30 bits per heavy atom. The predicted octanol–water partition coefficient (Wildman–Crippen LogP) is 1.97. The van der Waals surface area contributed by atoms with Crippen molar-refractivity contribution in [2.75, 3.05) is 25.1 Å². The molecule has 1 saturated heterocycles. The Hall–Kier alpha value is -1.55. The van der Waals surface area contributed by atoms with E-state index < -0.39 is 0 Å². The minimum Gasteiger partial charge on any atom is -0.497 e. The molecule has 1 aromatic carbocycles. The number of hydrogen-bond donors (Lipinski definition) is 1. The topological polar surface area (TPSA) is 41.6 Å². The first-order valence-electron chi connectivity index (χ1n) is 7.40. The van der Waals surface area contributed by atoms with Crippen LogP contribution in [0.15, 0.2) is 18.2 Å². The number of ether oxygens (including phenoxy) is 1. The second-order valence-corrected chi connectivity index (χ2v) is 5.81. The molecule has 1 fully saturated rings. The van der Waals surface area contributed by atoms with Gasteiger partial charge in [0.15, 0.2) is 0 Å². The smallest absolute Gasteiger partial charge is 0.230 e. The lowest BCUT2D eigenvalue weighted by molar-refractivity contribution is -0.123. The summed E-state index contributed by atoms with van der Waals surface area (Å²) in [6.45, 7) is 3.91. The minimum atomic E-state index is 0.166. The molecule has 0 aromatic heterocycles. The van der Waals surface area contributed by atoms with Crippen molar-refractivity contribution in [2.24, 2.45) is 5.92 Å². The third-order valence-corrected chi connectivity index (χ3v) is 4.42. The monoisotopic (exact) mass is 274 g/mol. The van der Waals surface area contributed by atoms with Gasteiger partial charge in [-0.1, -0.05) is 0 Å². The van der Waals surface area contributed by atoms with Crippen LogP contribution in [-0.2, 0) is 11.2 Å². The first kappa shape index (κ1) is 13.4. The summed E-state index contributed by atoms with van der Waals surface area (Å²) in [7, 11) is 1.68. The molecule has 4 nitrogen and oxygen atoms in total. The standard InChI is InChI=1S/C16H22N2O2/c1-11-9-13(5-7-17-11)16(19)18-8-6-12-10-14(20-2)3-4-15(12)18/h3-4,10-11,13,17H,5-9H2,1-2H3/t11-,13-/m0/s1. The van der Waals surface area contributed by atoms with E-state index in [-0.39, 0.29) is 5.92 Å². The minimum absolute atomic E-state index is 0.166. The summed E-state index contributed by atoms with van der Waals surface area (Å²) in [5, 5.41) is 3.40. The quantitative estimate of drug-likeness (QED) is 0.896. The molecular formula is C16H22N2O2. The Balaban J connectivity index is 1.78. The van der Waals surface area contributed by atoms with Gasteiger partial charge in [0.2, 0.25) is 5.91 Å². The molecule has 0 saturated carbocycles. The maximum Gasteiger partial charge on any atom is 0.230 e. The normalized spacial score (nSPS) is 25.4. The van der Waals surface area contributed by atoms with Gasteiger partial charge in [0.1, 0.15) is 5.75 Å². The molecular weight excluding hydrogens is 252 g/mol. The van der Waals surface area contributed by atoms with Gasteiger partial charge < -0.3 is 15.0 Å². The van der Waals surface area contributed by atoms with Gasteiger partial charge in [0.05, 0.1) is 7.11 Å². The van der Waals surface area contributed by atoms with Crippen molar-refractivity contribution in [1.29, 1.82) is 0 Å². The van der Waals surface area contributed by atoms with Crippen molar-refractivity contribution in [1.82, 2.24) is 5.32 Å². The highest BCUT2D eigenvalue weighted by Crippen LogP contribution is 2.33. The lowest BCUT2D eigenvalue weighted by Crippen LogP contribution is -2.43. The van der Waals surface area contributed by atoms with E-state index in [4.69, 9.17) is 4.74 Å². The van der Waals surface area contributed by atoms with Crippen LogP contribution in [0.2, 0.25) is 0 Å². The number of nitrogens with zero attached hydrogens (tertiary/aromatic N) is 1. The molecule has 0 radical (unpaired) electrons. The molecule has 1 N–H and O–H groups in total. The first-order chi connectivity index (χ1) is 9.69. The Kier molecular flexibility index (Phi) is 3.66. The van der Waals surface area contributed by atoms with Crippen LogP contribution in [0.25, 0.3) is 0 Å². The summed E-state index contributed by atoms with van der Waals surface area (Å²) in [6.07, 6.45) is 2.82. The van der Waals surface area contributed by atoms with E-state index in [9.17, 15) is 4.79 Å². The number of rotatable bonds is 2. The molecule has 0 unspecified atom stereocenters. The molecule has 4 heteroatoms. The van der Waals surface area contributed by atoms with E-state index in [2.05, 4.69) is 12.2 Å². The predicted molar refractivity (Wildman–Crippen MR) is 79.2 cm³/mol. The average molecular weight is 274 g/mol. The summed E-state index contributed by atoms with van der Waals surface area (Å²) in [6, 6.07) is 6.45. The average Bonchev–Trinajstić information content (AvgIpc) is 2.89. The molecule has 1 aromatic rings. The summed E-state index contributed by atoms with van der Waals surface area (Å²) in [5.74, 6) is 1.33. The van der Waals surface area contributed by atoms with Crippen molar-refractivity contribution in [3.8, 4) is 5.75 Å². The van der Waals surface area contributed by atoms with Gasteiger partial charge in [-0.05, 0) is 56.5 Å². The van der Waals surface area contributed by atoms with Crippen molar-refractivity contribution in [3.63, 3.8) is 0 Å². The fraction of sp³-hybridized carbons (Fsp3) is 0.562. The van der Waals surface area contributed by atoms with Crippen LogP contribution in [0.5, 0.6) is 5.75 Å². The Labute approximate surface area is 120 Å². The maximum absolute atomic E-state index is 12.7. The van der Waals surface area contributed by atoms with Gasteiger partial charge in [-0.2, -0.15) is 0 Å². The summed E-state index contributed by atoms with van der Waals surface area (Å²) in [5.41, 5.74) is 2.29. The van der Waals surface area contributed by atoms with E-state index in [0.29, 0.717) is 11.9 Å². The molecule has 0 bridgehead atoms. The van der Waals surface area contributed by atoms with Crippen LogP contribution in [0.4, 0.5) is 5.69 Å². The molecule has 3 rings (SSSR count). The number of nitrogens with one attached hydrogen (secondary N) is 1. The highest BCUT2D eigenvalue weighted by atomic mass is 16.5. The van der Waals surface area contributed by atoms with Crippen molar-refractivity contribution in [3.05, 3.63) is 23.8 Å². The highest BCUT2D eigenvalue weighted by Gasteiger charge is 2.32. The number of carbonyl (C=O) groups is 1. The number of benzene rings is 1.